The van der Waals surface area contributed by atoms with E-state index in [0.717, 1.165) is 26.1 Å². The molecule has 102 valence electrons. The smallest absolute Gasteiger partial charge is 0.188 e. The maximum atomic E-state index is 5.78. The molecule has 1 atom stereocenters. The van der Waals surface area contributed by atoms with Crippen LogP contribution in [0.25, 0.3) is 0 Å². The molecule has 1 aliphatic heterocycles. The molecule has 0 aromatic rings. The van der Waals surface area contributed by atoms with Gasteiger partial charge in [-0.05, 0) is 32.4 Å². The second kappa shape index (κ2) is 9.94. The molecule has 3 N–H and O–H groups in total. The lowest BCUT2D eigenvalue weighted by molar-refractivity contribution is 0.161. The number of nitrogens with one attached hydrogen (secondary N) is 1. The zero-order valence-electron chi connectivity index (χ0n) is 11.1. The highest BCUT2D eigenvalue weighted by Crippen LogP contribution is 2.16. The topological polar surface area (TPSA) is 53.6 Å². The van der Waals surface area contributed by atoms with Crippen LogP contribution in [0.5, 0.6) is 0 Å². The summed E-state index contributed by atoms with van der Waals surface area (Å²) in [6.07, 6.45) is 5.01. The minimum Gasteiger partial charge on any atom is -0.370 e. The van der Waals surface area contributed by atoms with E-state index in [9.17, 15) is 0 Å². The fraction of sp³-hybridized carbons (Fsp3) is 0.917. The van der Waals surface area contributed by atoms with Crippen molar-refractivity contribution in [3.8, 4) is 0 Å². The molecular formula is C12H27IN4. The van der Waals surface area contributed by atoms with E-state index in [4.69, 9.17) is 5.73 Å². The Hall–Kier alpha value is -0.0400. The SMILES string of the molecule is CCCNC(N)=NCC1CCCCN1CC.I. The number of likely N-dealkylation sites (N-methyl/N-ethyl adjacent to an activating group) is 1. The first-order chi connectivity index (χ1) is 7.77. The zero-order chi connectivity index (χ0) is 11.8. The Morgan fingerprint density at radius 1 is 1.41 bits per heavy atom. The molecule has 0 aromatic heterocycles. The molecule has 0 spiro atoms. The van der Waals surface area contributed by atoms with Crippen molar-refractivity contribution < 1.29 is 0 Å². The Bertz CT molecular complexity index is 221. The highest BCUT2D eigenvalue weighted by molar-refractivity contribution is 14.0. The Labute approximate surface area is 122 Å². The van der Waals surface area contributed by atoms with Crippen LogP contribution >= 0.6 is 24.0 Å². The zero-order valence-corrected chi connectivity index (χ0v) is 13.4. The maximum Gasteiger partial charge on any atom is 0.188 e. The summed E-state index contributed by atoms with van der Waals surface area (Å²) < 4.78 is 0. The highest BCUT2D eigenvalue weighted by atomic mass is 127. The first kappa shape index (κ1) is 17.0. The largest absolute Gasteiger partial charge is 0.370 e. The number of nitrogens with two attached hydrogens (primary N) is 1. The summed E-state index contributed by atoms with van der Waals surface area (Å²) in [6.45, 7) is 8.45. The molecule has 0 saturated carbocycles. The van der Waals surface area contributed by atoms with Crippen molar-refractivity contribution >= 4 is 29.9 Å². The van der Waals surface area contributed by atoms with Gasteiger partial charge in [0, 0.05) is 12.6 Å². The highest BCUT2D eigenvalue weighted by Gasteiger charge is 2.20. The van der Waals surface area contributed by atoms with Crippen molar-refractivity contribution in [3.05, 3.63) is 0 Å². The summed E-state index contributed by atoms with van der Waals surface area (Å²) in [4.78, 5) is 6.94. The average molecular weight is 354 g/mol. The van der Waals surface area contributed by atoms with Gasteiger partial charge in [0.15, 0.2) is 5.96 Å². The third-order valence-electron chi connectivity index (χ3n) is 3.18. The molecule has 0 aliphatic carbocycles. The van der Waals surface area contributed by atoms with Crippen LogP contribution in [0.3, 0.4) is 0 Å². The molecule has 0 radical (unpaired) electrons. The van der Waals surface area contributed by atoms with Crippen LogP contribution < -0.4 is 11.1 Å². The van der Waals surface area contributed by atoms with Crippen LogP contribution in [0.4, 0.5) is 0 Å². The van der Waals surface area contributed by atoms with Crippen LogP contribution in [-0.4, -0.2) is 43.1 Å². The predicted octanol–water partition coefficient (Wildman–Crippen LogP) is 1.79. The minimum atomic E-state index is 0. The van der Waals surface area contributed by atoms with Gasteiger partial charge in [0.25, 0.3) is 0 Å². The van der Waals surface area contributed by atoms with Crippen molar-refractivity contribution in [1.82, 2.24) is 10.2 Å². The Morgan fingerprint density at radius 3 is 2.82 bits per heavy atom. The van der Waals surface area contributed by atoms with Gasteiger partial charge in [-0.1, -0.05) is 20.3 Å². The molecule has 1 rings (SSSR count). The lowest BCUT2D eigenvalue weighted by Gasteiger charge is -2.33. The summed E-state index contributed by atoms with van der Waals surface area (Å²) in [5.74, 6) is 0.600. The molecular weight excluding hydrogens is 327 g/mol. The standard InChI is InChI=1S/C12H26N4.HI/c1-3-8-14-12(13)15-10-11-7-5-6-9-16(11)4-2;/h11H,3-10H2,1-2H3,(H3,13,14,15);1H. The molecule has 1 fully saturated rings. The normalized spacial score (nSPS) is 22.0. The maximum absolute atomic E-state index is 5.78. The molecule has 0 bridgehead atoms. The number of guanidine groups is 1. The van der Waals surface area contributed by atoms with Crippen LogP contribution in [-0.2, 0) is 0 Å². The van der Waals surface area contributed by atoms with Crippen LogP contribution in [0.1, 0.15) is 39.5 Å². The molecule has 1 saturated heterocycles. The van der Waals surface area contributed by atoms with E-state index in [-0.39, 0.29) is 24.0 Å². The van der Waals surface area contributed by atoms with Crippen molar-refractivity contribution in [1.29, 1.82) is 0 Å². The fourth-order valence-corrected chi connectivity index (χ4v) is 2.20. The Kier molecular flexibility index (Phi) is 9.91. The summed E-state index contributed by atoms with van der Waals surface area (Å²) in [5.41, 5.74) is 5.78. The third-order valence-corrected chi connectivity index (χ3v) is 3.18. The lowest BCUT2D eigenvalue weighted by Crippen LogP contribution is -2.42. The summed E-state index contributed by atoms with van der Waals surface area (Å²) in [7, 11) is 0. The molecule has 1 aliphatic rings. The van der Waals surface area contributed by atoms with Gasteiger partial charge < -0.3 is 11.1 Å². The number of nitrogens with zero attached hydrogens (tertiary/aromatic N) is 2. The number of piperidine rings is 1. The quantitative estimate of drug-likeness (QED) is 0.450. The number of hydrogen-bond donors (Lipinski definition) is 2. The van der Waals surface area contributed by atoms with Gasteiger partial charge in [0.2, 0.25) is 0 Å². The van der Waals surface area contributed by atoms with Crippen LogP contribution in [0.15, 0.2) is 4.99 Å². The van der Waals surface area contributed by atoms with E-state index < -0.39 is 0 Å². The van der Waals surface area contributed by atoms with Gasteiger partial charge in [-0.25, -0.2) is 0 Å². The van der Waals surface area contributed by atoms with Gasteiger partial charge in [-0.2, -0.15) is 0 Å². The summed E-state index contributed by atoms with van der Waals surface area (Å²) in [6, 6.07) is 0.598. The minimum absolute atomic E-state index is 0. The van der Waals surface area contributed by atoms with Crippen molar-refractivity contribution in [2.45, 2.75) is 45.6 Å². The van der Waals surface area contributed by atoms with E-state index in [1.807, 2.05) is 0 Å². The average Bonchev–Trinajstić information content (AvgIpc) is 2.34. The molecule has 17 heavy (non-hydrogen) atoms. The lowest BCUT2D eigenvalue weighted by atomic mass is 10.0. The molecule has 0 aromatic carbocycles. The number of halogens is 1. The van der Waals surface area contributed by atoms with E-state index >= 15 is 0 Å². The van der Waals surface area contributed by atoms with Gasteiger partial charge in [0.1, 0.15) is 0 Å². The van der Waals surface area contributed by atoms with E-state index in [1.165, 1.54) is 25.8 Å². The molecule has 5 heteroatoms. The molecule has 4 nitrogen and oxygen atoms in total. The first-order valence-electron chi connectivity index (χ1n) is 6.55. The summed E-state index contributed by atoms with van der Waals surface area (Å²) in [5, 5.41) is 3.11. The Morgan fingerprint density at radius 2 is 2.18 bits per heavy atom. The van der Waals surface area contributed by atoms with Crippen molar-refractivity contribution in [2.24, 2.45) is 10.7 Å². The van der Waals surface area contributed by atoms with Gasteiger partial charge >= 0.3 is 0 Å². The fourth-order valence-electron chi connectivity index (χ4n) is 2.20. The van der Waals surface area contributed by atoms with Crippen LogP contribution in [0.2, 0.25) is 0 Å². The second-order valence-corrected chi connectivity index (χ2v) is 4.43. The summed E-state index contributed by atoms with van der Waals surface area (Å²) >= 11 is 0. The second-order valence-electron chi connectivity index (χ2n) is 4.43. The number of likely N-dealkylation sites (tertiary alicyclic amines) is 1. The van der Waals surface area contributed by atoms with E-state index in [1.54, 1.807) is 0 Å². The molecule has 1 unspecified atom stereocenters. The van der Waals surface area contributed by atoms with E-state index in [0.29, 0.717) is 12.0 Å². The van der Waals surface area contributed by atoms with Gasteiger partial charge in [-0.15, -0.1) is 24.0 Å². The number of aliphatic imine (C=N–C) groups is 1. The molecule has 1 heterocycles. The predicted molar refractivity (Wildman–Crippen MR) is 85.1 cm³/mol. The Balaban J connectivity index is 0.00000256. The van der Waals surface area contributed by atoms with Crippen molar-refractivity contribution in [3.63, 3.8) is 0 Å². The van der Waals surface area contributed by atoms with Gasteiger partial charge in [0.05, 0.1) is 6.54 Å². The van der Waals surface area contributed by atoms with Crippen LogP contribution in [0, 0.1) is 0 Å². The van der Waals surface area contributed by atoms with Crippen molar-refractivity contribution in [2.75, 3.05) is 26.2 Å². The monoisotopic (exact) mass is 354 g/mol. The number of rotatable bonds is 5. The van der Waals surface area contributed by atoms with E-state index in [2.05, 4.69) is 29.1 Å². The third kappa shape index (κ3) is 6.45. The number of hydrogen-bond acceptors (Lipinski definition) is 2. The molecule has 0 amide bonds. The van der Waals surface area contributed by atoms with Gasteiger partial charge in [-0.3, -0.25) is 9.89 Å². The first-order valence-corrected chi connectivity index (χ1v) is 6.55.